The van der Waals surface area contributed by atoms with Gasteiger partial charge in [0.2, 0.25) is 0 Å². The van der Waals surface area contributed by atoms with E-state index < -0.39 is 71.2 Å². The number of aliphatic hydroxyl groups excluding tert-OH is 3. The summed E-state index contributed by atoms with van der Waals surface area (Å²) in [6, 6.07) is 0. The highest BCUT2D eigenvalue weighted by molar-refractivity contribution is 7.85. The first-order chi connectivity index (χ1) is 30.0. The molecule has 13 heteroatoms. The van der Waals surface area contributed by atoms with Crippen LogP contribution in [-0.2, 0) is 38.7 Å². The fraction of sp³-hybridized carbons (Fsp3) is 0.837. The Morgan fingerprint density at radius 1 is 0.548 bits per heavy atom. The van der Waals surface area contributed by atoms with Gasteiger partial charge in [-0.3, -0.25) is 14.1 Å². The fourth-order valence-corrected chi connectivity index (χ4v) is 8.04. The number of aliphatic hydroxyl groups is 3. The summed E-state index contributed by atoms with van der Waals surface area (Å²) in [5.74, 6) is -2.00. The predicted octanol–water partition coefficient (Wildman–Crippen LogP) is 10.6. The third-order valence-corrected chi connectivity index (χ3v) is 11.9. The molecule has 1 aliphatic heterocycles. The first-order valence-corrected chi connectivity index (χ1v) is 26.2. The van der Waals surface area contributed by atoms with Crippen LogP contribution in [0.1, 0.15) is 206 Å². The molecule has 6 atom stereocenters. The van der Waals surface area contributed by atoms with Crippen LogP contribution >= 0.6 is 0 Å². The average molecular weight is 901 g/mol. The number of esters is 2. The van der Waals surface area contributed by atoms with E-state index in [4.69, 9.17) is 18.9 Å². The van der Waals surface area contributed by atoms with E-state index in [1.54, 1.807) is 0 Å². The van der Waals surface area contributed by atoms with E-state index in [9.17, 15) is 37.9 Å². The molecule has 0 bridgehead atoms. The molecule has 0 amide bonds. The number of unbranched alkanes of at least 4 members (excludes halogenated alkanes) is 23. The van der Waals surface area contributed by atoms with E-state index in [-0.39, 0.29) is 19.4 Å². The molecule has 1 heterocycles. The number of rotatable bonds is 41. The summed E-state index contributed by atoms with van der Waals surface area (Å²) >= 11 is 0. The first kappa shape index (κ1) is 57.9. The Kier molecular flexibility index (Phi) is 36.6. The van der Waals surface area contributed by atoms with Gasteiger partial charge in [0.25, 0.3) is 10.1 Å². The second-order valence-electron chi connectivity index (χ2n) is 17.1. The highest BCUT2D eigenvalue weighted by atomic mass is 32.2. The molecule has 1 aliphatic rings. The van der Waals surface area contributed by atoms with Crippen molar-refractivity contribution in [2.24, 2.45) is 0 Å². The maximum absolute atomic E-state index is 12.8. The zero-order valence-electron chi connectivity index (χ0n) is 38.7. The molecule has 0 saturated carbocycles. The maximum Gasteiger partial charge on any atom is 0.306 e. The molecular weight excluding hydrogens is 813 g/mol. The molecule has 1 rings (SSSR count). The van der Waals surface area contributed by atoms with E-state index in [0.717, 1.165) is 64.2 Å². The van der Waals surface area contributed by atoms with Gasteiger partial charge in [-0.15, -0.1) is 0 Å². The van der Waals surface area contributed by atoms with Crippen LogP contribution in [0.2, 0.25) is 0 Å². The van der Waals surface area contributed by atoms with Crippen LogP contribution in [-0.4, -0.2) is 96.0 Å². The molecule has 1 fully saturated rings. The van der Waals surface area contributed by atoms with E-state index in [1.165, 1.54) is 103 Å². The SMILES string of the molecule is CCCCC/C=C/C/C=C/CCCCCCCC(=O)O[C@H](COC(=O)CCCCCCCCCCC/C=C/CCCCCCCC)CO[C@H]1O[C@H](CS(=O)(=O)O)[C@@H](O)C(O)C1O. The number of carbonyl (C=O) groups is 2. The van der Waals surface area contributed by atoms with Crippen molar-refractivity contribution >= 4 is 22.1 Å². The normalized spacial score (nSPS) is 20.1. The molecular formula is C49H88O12S. The summed E-state index contributed by atoms with van der Waals surface area (Å²) < 4.78 is 54.1. The van der Waals surface area contributed by atoms with Gasteiger partial charge in [0.1, 0.15) is 36.8 Å². The number of hydrogen-bond donors (Lipinski definition) is 4. The lowest BCUT2D eigenvalue weighted by molar-refractivity contribution is -0.297. The first-order valence-electron chi connectivity index (χ1n) is 24.5. The van der Waals surface area contributed by atoms with Crippen molar-refractivity contribution in [3.63, 3.8) is 0 Å². The van der Waals surface area contributed by atoms with Crippen LogP contribution in [0.5, 0.6) is 0 Å². The fourth-order valence-electron chi connectivity index (χ4n) is 7.35. The topological polar surface area (TPSA) is 186 Å². The molecule has 362 valence electrons. The molecule has 0 aliphatic carbocycles. The molecule has 0 aromatic heterocycles. The smallest absolute Gasteiger partial charge is 0.306 e. The van der Waals surface area contributed by atoms with Crippen LogP contribution in [0.15, 0.2) is 36.5 Å². The summed E-state index contributed by atoms with van der Waals surface area (Å²) in [6.45, 7) is 3.73. The molecule has 62 heavy (non-hydrogen) atoms. The minimum Gasteiger partial charge on any atom is -0.462 e. The summed E-state index contributed by atoms with van der Waals surface area (Å²) in [7, 11) is -4.61. The van der Waals surface area contributed by atoms with E-state index >= 15 is 0 Å². The van der Waals surface area contributed by atoms with Gasteiger partial charge < -0.3 is 34.3 Å². The molecule has 4 N–H and O–H groups in total. The Bertz CT molecular complexity index is 1290. The highest BCUT2D eigenvalue weighted by Crippen LogP contribution is 2.24. The van der Waals surface area contributed by atoms with Crippen LogP contribution < -0.4 is 0 Å². The summed E-state index contributed by atoms with van der Waals surface area (Å²) in [4.78, 5) is 25.5. The standard InChI is InChI=1S/C49H88O12S/c1-3-5-7-9-11-13-15-17-19-20-21-22-24-25-27-29-31-33-35-37-44(50)58-39-42(40-59-49-48(54)47(53)46(52)43(61-49)41-62(55,56)57)60-45(51)38-36-34-32-30-28-26-23-18-16-14-12-10-8-6-4-2/h12,14,17-19,23,42-43,46-49,52-54H,3-11,13,15-16,20-22,24-41H2,1-2H3,(H,55,56,57)/b14-12+,19-17+,23-18+/t42-,43-,46-,47?,48?,49+/m1/s1. The van der Waals surface area contributed by atoms with Crippen molar-refractivity contribution in [3.8, 4) is 0 Å². The summed E-state index contributed by atoms with van der Waals surface area (Å²) in [5, 5.41) is 30.9. The average Bonchev–Trinajstić information content (AvgIpc) is 3.24. The van der Waals surface area contributed by atoms with Crippen LogP contribution in [0.4, 0.5) is 0 Å². The minimum atomic E-state index is -4.61. The minimum absolute atomic E-state index is 0.148. The Morgan fingerprint density at radius 2 is 0.968 bits per heavy atom. The van der Waals surface area contributed by atoms with Crippen molar-refractivity contribution in [1.29, 1.82) is 0 Å². The Morgan fingerprint density at radius 3 is 1.47 bits per heavy atom. The van der Waals surface area contributed by atoms with Crippen molar-refractivity contribution in [2.75, 3.05) is 19.0 Å². The second kappa shape index (κ2) is 39.3. The van der Waals surface area contributed by atoms with Gasteiger partial charge in [0.15, 0.2) is 12.4 Å². The van der Waals surface area contributed by atoms with Gasteiger partial charge in [0.05, 0.1) is 6.61 Å². The van der Waals surface area contributed by atoms with Gasteiger partial charge in [-0.05, 0) is 70.6 Å². The van der Waals surface area contributed by atoms with E-state index in [0.29, 0.717) is 12.8 Å². The maximum atomic E-state index is 12.8. The van der Waals surface area contributed by atoms with Crippen molar-refractivity contribution in [1.82, 2.24) is 0 Å². The molecule has 2 unspecified atom stereocenters. The monoisotopic (exact) mass is 901 g/mol. The third-order valence-electron chi connectivity index (χ3n) is 11.2. The van der Waals surface area contributed by atoms with Crippen molar-refractivity contribution < 1.29 is 56.8 Å². The van der Waals surface area contributed by atoms with Gasteiger partial charge in [-0.1, -0.05) is 159 Å². The molecule has 0 aromatic carbocycles. The Hall–Kier alpha value is -2.13. The van der Waals surface area contributed by atoms with Gasteiger partial charge >= 0.3 is 11.9 Å². The zero-order valence-corrected chi connectivity index (χ0v) is 39.5. The molecule has 0 spiro atoms. The largest absolute Gasteiger partial charge is 0.462 e. The van der Waals surface area contributed by atoms with Crippen LogP contribution in [0.3, 0.4) is 0 Å². The summed E-state index contributed by atoms with van der Waals surface area (Å²) in [6.07, 6.45) is 36.1. The van der Waals surface area contributed by atoms with Gasteiger partial charge in [-0.2, -0.15) is 8.42 Å². The van der Waals surface area contributed by atoms with E-state index in [2.05, 4.69) is 50.3 Å². The van der Waals surface area contributed by atoms with E-state index in [1.807, 2.05) is 0 Å². The third kappa shape index (κ3) is 33.4. The number of allylic oxidation sites excluding steroid dienone is 6. The van der Waals surface area contributed by atoms with Gasteiger partial charge in [-0.25, -0.2) is 0 Å². The molecule has 12 nitrogen and oxygen atoms in total. The van der Waals surface area contributed by atoms with Gasteiger partial charge in [0, 0.05) is 12.8 Å². The Balaban J connectivity index is 2.40. The zero-order chi connectivity index (χ0) is 45.5. The second-order valence-corrected chi connectivity index (χ2v) is 18.6. The highest BCUT2D eigenvalue weighted by Gasteiger charge is 2.46. The molecule has 1 saturated heterocycles. The number of hydrogen-bond acceptors (Lipinski definition) is 11. The Labute approximate surface area is 376 Å². The molecule has 0 radical (unpaired) electrons. The van der Waals surface area contributed by atoms with Crippen molar-refractivity contribution in [2.45, 2.75) is 243 Å². The lowest BCUT2D eigenvalue weighted by Gasteiger charge is -2.40. The van der Waals surface area contributed by atoms with Crippen molar-refractivity contribution in [3.05, 3.63) is 36.5 Å². The summed E-state index contributed by atoms with van der Waals surface area (Å²) in [5.41, 5.74) is 0. The van der Waals surface area contributed by atoms with Crippen LogP contribution in [0.25, 0.3) is 0 Å². The lowest BCUT2D eigenvalue weighted by Crippen LogP contribution is -2.60. The number of carbonyl (C=O) groups excluding carboxylic acids is 2. The lowest BCUT2D eigenvalue weighted by atomic mass is 10.00. The number of ether oxygens (including phenoxy) is 4. The predicted molar refractivity (Wildman–Crippen MR) is 247 cm³/mol. The quantitative estimate of drug-likeness (QED) is 0.0197. The van der Waals surface area contributed by atoms with Crippen LogP contribution in [0, 0.1) is 0 Å². The molecule has 0 aromatic rings.